The lowest BCUT2D eigenvalue weighted by Gasteiger charge is -2.12. The van der Waals surface area contributed by atoms with Gasteiger partial charge in [0.25, 0.3) is 11.8 Å². The molecule has 0 unspecified atom stereocenters. The van der Waals surface area contributed by atoms with Gasteiger partial charge in [-0.05, 0) is 56.3 Å². The first-order chi connectivity index (χ1) is 14.4. The lowest BCUT2D eigenvalue weighted by Crippen LogP contribution is -2.32. The topological polar surface area (TPSA) is 103 Å². The number of hydrogen-bond donors (Lipinski definition) is 2. The van der Waals surface area contributed by atoms with E-state index < -0.39 is 24.4 Å². The van der Waals surface area contributed by atoms with Gasteiger partial charge in [0, 0.05) is 16.3 Å². The van der Waals surface area contributed by atoms with E-state index in [1.165, 1.54) is 6.07 Å². The molecular formula is C21H23ClN2O6. The number of carbonyl (C=O) groups is 3. The van der Waals surface area contributed by atoms with Crippen LogP contribution in [-0.2, 0) is 14.3 Å². The Bertz CT molecular complexity index is 886. The average Bonchev–Trinajstić information content (AvgIpc) is 2.73. The van der Waals surface area contributed by atoms with Crippen LogP contribution in [0.3, 0.4) is 0 Å². The Labute approximate surface area is 179 Å². The molecule has 0 aliphatic carbocycles. The molecule has 0 saturated carbocycles. The molecule has 0 atom stereocenters. The third-order valence-electron chi connectivity index (χ3n) is 3.69. The van der Waals surface area contributed by atoms with E-state index in [-0.39, 0.29) is 6.54 Å². The van der Waals surface area contributed by atoms with Gasteiger partial charge in [-0.15, -0.1) is 0 Å². The van der Waals surface area contributed by atoms with E-state index in [0.29, 0.717) is 41.0 Å². The van der Waals surface area contributed by atoms with Gasteiger partial charge in [0.2, 0.25) is 0 Å². The van der Waals surface area contributed by atoms with Gasteiger partial charge < -0.3 is 24.8 Å². The van der Waals surface area contributed by atoms with Crippen LogP contribution in [0.5, 0.6) is 11.5 Å². The minimum atomic E-state index is -0.745. The Morgan fingerprint density at radius 1 is 0.933 bits per heavy atom. The summed E-state index contributed by atoms with van der Waals surface area (Å²) in [5, 5.41) is 5.54. The molecule has 30 heavy (non-hydrogen) atoms. The van der Waals surface area contributed by atoms with Crippen LogP contribution < -0.4 is 20.1 Å². The maximum absolute atomic E-state index is 12.3. The fraction of sp³-hybridized carbons (Fsp3) is 0.286. The molecule has 0 aromatic heterocycles. The third kappa shape index (κ3) is 7.29. The van der Waals surface area contributed by atoms with E-state index >= 15 is 0 Å². The first kappa shape index (κ1) is 23.0. The van der Waals surface area contributed by atoms with Gasteiger partial charge in [-0.3, -0.25) is 14.4 Å². The lowest BCUT2D eigenvalue weighted by atomic mass is 10.2. The Morgan fingerprint density at radius 2 is 1.60 bits per heavy atom. The summed E-state index contributed by atoms with van der Waals surface area (Å²) in [4.78, 5) is 35.9. The van der Waals surface area contributed by atoms with Crippen molar-refractivity contribution in [3.63, 3.8) is 0 Å². The number of esters is 1. The molecule has 2 amide bonds. The SMILES string of the molecule is CCOc1ccc(C(=O)NCC(=O)OCC(=O)Nc2ccc(Cl)cc2)cc1OCC. The summed E-state index contributed by atoms with van der Waals surface area (Å²) in [6.07, 6.45) is 0. The fourth-order valence-corrected chi connectivity index (χ4v) is 2.50. The van der Waals surface area contributed by atoms with Crippen molar-refractivity contribution in [3.05, 3.63) is 53.1 Å². The monoisotopic (exact) mass is 434 g/mol. The average molecular weight is 435 g/mol. The molecule has 0 bridgehead atoms. The van der Waals surface area contributed by atoms with Crippen LogP contribution >= 0.6 is 11.6 Å². The smallest absolute Gasteiger partial charge is 0.325 e. The molecular weight excluding hydrogens is 412 g/mol. The molecule has 0 radical (unpaired) electrons. The summed E-state index contributed by atoms with van der Waals surface area (Å²) in [7, 11) is 0. The summed E-state index contributed by atoms with van der Waals surface area (Å²) < 4.78 is 15.8. The summed E-state index contributed by atoms with van der Waals surface area (Å²) in [5.74, 6) is -0.771. The largest absolute Gasteiger partial charge is 0.490 e. The van der Waals surface area contributed by atoms with E-state index in [0.717, 1.165) is 0 Å². The molecule has 2 aromatic rings. The zero-order valence-corrected chi connectivity index (χ0v) is 17.5. The number of hydrogen-bond acceptors (Lipinski definition) is 6. The molecule has 0 aliphatic rings. The zero-order chi connectivity index (χ0) is 21.9. The van der Waals surface area contributed by atoms with E-state index in [2.05, 4.69) is 10.6 Å². The minimum absolute atomic E-state index is 0.301. The normalized spacial score (nSPS) is 10.1. The van der Waals surface area contributed by atoms with E-state index in [1.807, 2.05) is 13.8 Å². The maximum Gasteiger partial charge on any atom is 0.325 e. The fourth-order valence-electron chi connectivity index (χ4n) is 2.37. The number of nitrogens with one attached hydrogen (secondary N) is 2. The minimum Gasteiger partial charge on any atom is -0.490 e. The van der Waals surface area contributed by atoms with Gasteiger partial charge in [0.1, 0.15) is 6.54 Å². The van der Waals surface area contributed by atoms with Crippen LogP contribution in [-0.4, -0.2) is 44.1 Å². The van der Waals surface area contributed by atoms with Crippen molar-refractivity contribution in [3.8, 4) is 11.5 Å². The predicted octanol–water partition coefficient (Wildman–Crippen LogP) is 3.05. The molecule has 2 N–H and O–H groups in total. The van der Waals surface area contributed by atoms with Crippen molar-refractivity contribution < 1.29 is 28.6 Å². The molecule has 2 rings (SSSR count). The maximum atomic E-state index is 12.3. The molecule has 2 aromatic carbocycles. The van der Waals surface area contributed by atoms with Crippen molar-refractivity contribution in [2.24, 2.45) is 0 Å². The Balaban J connectivity index is 1.81. The van der Waals surface area contributed by atoms with Gasteiger partial charge in [0.15, 0.2) is 18.1 Å². The summed E-state index contributed by atoms with van der Waals surface area (Å²) in [6.45, 7) is 3.68. The third-order valence-corrected chi connectivity index (χ3v) is 3.94. The van der Waals surface area contributed by atoms with Gasteiger partial charge in [-0.2, -0.15) is 0 Å². The number of amides is 2. The van der Waals surface area contributed by atoms with Crippen LogP contribution in [0.4, 0.5) is 5.69 Å². The van der Waals surface area contributed by atoms with Crippen LogP contribution in [0.1, 0.15) is 24.2 Å². The van der Waals surface area contributed by atoms with Crippen molar-refractivity contribution >= 4 is 35.1 Å². The van der Waals surface area contributed by atoms with Crippen LogP contribution in [0.25, 0.3) is 0 Å². The van der Waals surface area contributed by atoms with Crippen LogP contribution in [0.2, 0.25) is 5.02 Å². The molecule has 0 spiro atoms. The molecule has 160 valence electrons. The van der Waals surface area contributed by atoms with Crippen molar-refractivity contribution in [1.29, 1.82) is 0 Å². The summed E-state index contributed by atoms with van der Waals surface area (Å²) in [6, 6.07) is 11.2. The second-order valence-electron chi connectivity index (χ2n) is 5.93. The number of ether oxygens (including phenoxy) is 3. The van der Waals surface area contributed by atoms with Crippen molar-refractivity contribution in [1.82, 2.24) is 5.32 Å². The van der Waals surface area contributed by atoms with E-state index in [4.69, 9.17) is 25.8 Å². The van der Waals surface area contributed by atoms with Crippen molar-refractivity contribution in [2.45, 2.75) is 13.8 Å². The molecule has 8 nitrogen and oxygen atoms in total. The predicted molar refractivity (Wildman–Crippen MR) is 112 cm³/mol. The van der Waals surface area contributed by atoms with Gasteiger partial charge in [-0.25, -0.2) is 0 Å². The first-order valence-electron chi connectivity index (χ1n) is 9.31. The quantitative estimate of drug-likeness (QED) is 0.557. The standard InChI is InChI=1S/C21H23ClN2O6/c1-3-28-17-10-5-14(11-18(17)29-4-2)21(27)23-12-20(26)30-13-19(25)24-16-8-6-15(22)7-9-16/h5-11H,3-4,12-13H2,1-2H3,(H,23,27)(H,24,25). The highest BCUT2D eigenvalue weighted by atomic mass is 35.5. The summed E-state index contributed by atoms with van der Waals surface area (Å²) >= 11 is 5.77. The van der Waals surface area contributed by atoms with Crippen molar-refractivity contribution in [2.75, 3.05) is 31.7 Å². The Kier molecular flexibility index (Phi) is 8.96. The zero-order valence-electron chi connectivity index (χ0n) is 16.7. The first-order valence-corrected chi connectivity index (χ1v) is 9.69. The lowest BCUT2D eigenvalue weighted by molar-refractivity contribution is -0.146. The molecule has 0 aliphatic heterocycles. The highest BCUT2D eigenvalue weighted by molar-refractivity contribution is 6.30. The number of halogens is 1. The molecule has 0 saturated heterocycles. The molecule has 9 heteroatoms. The second kappa shape index (κ2) is 11.7. The van der Waals surface area contributed by atoms with Gasteiger partial charge in [0.05, 0.1) is 13.2 Å². The van der Waals surface area contributed by atoms with Gasteiger partial charge >= 0.3 is 5.97 Å². The van der Waals surface area contributed by atoms with Crippen LogP contribution in [0.15, 0.2) is 42.5 Å². The van der Waals surface area contributed by atoms with Crippen LogP contribution in [0, 0.1) is 0 Å². The number of benzene rings is 2. The number of rotatable bonds is 10. The Hall–Kier alpha value is -3.26. The number of carbonyl (C=O) groups excluding carboxylic acids is 3. The Morgan fingerprint density at radius 3 is 2.27 bits per heavy atom. The molecule has 0 fully saturated rings. The van der Waals surface area contributed by atoms with E-state index in [1.54, 1.807) is 36.4 Å². The summed E-state index contributed by atoms with van der Waals surface area (Å²) in [5.41, 5.74) is 0.824. The van der Waals surface area contributed by atoms with E-state index in [9.17, 15) is 14.4 Å². The van der Waals surface area contributed by atoms with Gasteiger partial charge in [-0.1, -0.05) is 11.6 Å². The highest BCUT2D eigenvalue weighted by Gasteiger charge is 2.14. The highest BCUT2D eigenvalue weighted by Crippen LogP contribution is 2.28. The second-order valence-corrected chi connectivity index (χ2v) is 6.36. The number of anilines is 1. The molecule has 0 heterocycles.